The van der Waals surface area contributed by atoms with E-state index in [1.807, 2.05) is 54.6 Å². The number of hydrogen-bond donors (Lipinski definition) is 2. The molecule has 2 aromatic carbocycles. The third-order valence-electron chi connectivity index (χ3n) is 3.03. The minimum Gasteiger partial charge on any atom is -0.479 e. The van der Waals surface area contributed by atoms with E-state index in [-0.39, 0.29) is 0 Å². The van der Waals surface area contributed by atoms with Crippen LogP contribution >= 0.6 is 0 Å². The molecule has 19 heavy (non-hydrogen) atoms. The summed E-state index contributed by atoms with van der Waals surface area (Å²) >= 11 is 0. The van der Waals surface area contributed by atoms with Gasteiger partial charge in [-0.2, -0.15) is 0 Å². The highest BCUT2D eigenvalue weighted by atomic mass is 16.4. The van der Waals surface area contributed by atoms with E-state index in [1.165, 1.54) is 0 Å². The molecule has 0 saturated heterocycles. The van der Waals surface area contributed by atoms with Gasteiger partial charge in [0.25, 0.3) is 0 Å². The second kappa shape index (κ2) is 4.57. The SMILES string of the molecule is O=C(O)[C@H]1Nc2ccccc2N=C1c1ccccc1. The number of anilines is 1. The average Bonchev–Trinajstić information content (AvgIpc) is 2.46. The predicted molar refractivity (Wildman–Crippen MR) is 74.1 cm³/mol. The molecular formula is C15H12N2O2. The number of benzene rings is 2. The molecule has 1 aliphatic heterocycles. The molecule has 0 aliphatic carbocycles. The molecule has 0 fully saturated rings. The summed E-state index contributed by atoms with van der Waals surface area (Å²) < 4.78 is 0. The van der Waals surface area contributed by atoms with Gasteiger partial charge in [0.05, 0.1) is 17.1 Å². The summed E-state index contributed by atoms with van der Waals surface area (Å²) in [5.74, 6) is -0.933. The van der Waals surface area contributed by atoms with Gasteiger partial charge in [0.15, 0.2) is 6.04 Å². The normalized spacial score (nSPS) is 17.1. The van der Waals surface area contributed by atoms with E-state index < -0.39 is 12.0 Å². The van der Waals surface area contributed by atoms with Gasteiger partial charge in [-0.3, -0.25) is 0 Å². The van der Waals surface area contributed by atoms with Gasteiger partial charge in [-0.1, -0.05) is 42.5 Å². The summed E-state index contributed by atoms with van der Waals surface area (Å²) in [6, 6.07) is 16.0. The fourth-order valence-electron chi connectivity index (χ4n) is 2.13. The Labute approximate surface area is 110 Å². The quantitative estimate of drug-likeness (QED) is 0.863. The van der Waals surface area contributed by atoms with Gasteiger partial charge < -0.3 is 10.4 Å². The van der Waals surface area contributed by atoms with Crippen LogP contribution in [-0.2, 0) is 4.79 Å². The number of aliphatic carboxylic acids is 1. The Hall–Kier alpha value is -2.62. The lowest BCUT2D eigenvalue weighted by atomic mass is 10.0. The fraction of sp³-hybridized carbons (Fsp3) is 0.0667. The van der Waals surface area contributed by atoms with Crippen molar-refractivity contribution >= 4 is 23.1 Å². The van der Waals surface area contributed by atoms with Crippen LogP contribution in [0.25, 0.3) is 0 Å². The lowest BCUT2D eigenvalue weighted by Crippen LogP contribution is -2.39. The van der Waals surface area contributed by atoms with Gasteiger partial charge >= 0.3 is 5.97 Å². The van der Waals surface area contributed by atoms with Gasteiger partial charge in [-0.25, -0.2) is 9.79 Å². The Bertz CT molecular complexity index is 650. The Morgan fingerprint density at radius 1 is 1.05 bits per heavy atom. The molecule has 0 bridgehead atoms. The Morgan fingerprint density at radius 2 is 1.74 bits per heavy atom. The first-order valence-corrected chi connectivity index (χ1v) is 5.98. The Balaban J connectivity index is 2.13. The van der Waals surface area contributed by atoms with E-state index in [2.05, 4.69) is 10.3 Å². The molecule has 94 valence electrons. The lowest BCUT2D eigenvalue weighted by molar-refractivity contribution is -0.136. The largest absolute Gasteiger partial charge is 0.479 e. The summed E-state index contributed by atoms with van der Waals surface area (Å²) in [7, 11) is 0. The van der Waals surface area contributed by atoms with Crippen LogP contribution in [-0.4, -0.2) is 22.8 Å². The molecule has 0 unspecified atom stereocenters. The van der Waals surface area contributed by atoms with E-state index in [9.17, 15) is 9.90 Å². The van der Waals surface area contributed by atoms with Crippen LogP contribution in [0.4, 0.5) is 11.4 Å². The number of carbonyl (C=O) groups is 1. The van der Waals surface area contributed by atoms with Crippen LogP contribution in [0, 0.1) is 0 Å². The number of fused-ring (bicyclic) bond motifs is 1. The zero-order valence-electron chi connectivity index (χ0n) is 10.1. The summed E-state index contributed by atoms with van der Waals surface area (Å²) in [5.41, 5.74) is 2.86. The van der Waals surface area contributed by atoms with Crippen LogP contribution in [0.5, 0.6) is 0 Å². The maximum Gasteiger partial charge on any atom is 0.332 e. The number of para-hydroxylation sites is 2. The third kappa shape index (κ3) is 2.08. The first-order valence-electron chi connectivity index (χ1n) is 5.98. The monoisotopic (exact) mass is 252 g/mol. The van der Waals surface area contributed by atoms with Gasteiger partial charge in [-0.05, 0) is 17.7 Å². The van der Waals surface area contributed by atoms with Crippen molar-refractivity contribution in [3.05, 3.63) is 60.2 Å². The predicted octanol–water partition coefficient (Wildman–Crippen LogP) is 2.69. The number of nitrogens with zero attached hydrogens (tertiary/aromatic N) is 1. The molecule has 0 aromatic heterocycles. The molecule has 2 N–H and O–H groups in total. The molecule has 0 amide bonds. The number of aliphatic imine (C=N–C) groups is 1. The van der Waals surface area contributed by atoms with Crippen molar-refractivity contribution in [2.75, 3.05) is 5.32 Å². The molecule has 1 atom stereocenters. The summed E-state index contributed by atoms with van der Waals surface area (Å²) in [5, 5.41) is 12.4. The molecule has 0 saturated carbocycles. The molecule has 2 aromatic rings. The second-order valence-electron chi connectivity index (χ2n) is 4.30. The van der Waals surface area contributed by atoms with Crippen LogP contribution < -0.4 is 5.32 Å². The average molecular weight is 252 g/mol. The van der Waals surface area contributed by atoms with Crippen molar-refractivity contribution in [3.63, 3.8) is 0 Å². The molecule has 1 aliphatic rings. The number of nitrogens with one attached hydrogen (secondary N) is 1. The highest BCUT2D eigenvalue weighted by Crippen LogP contribution is 2.30. The zero-order valence-corrected chi connectivity index (χ0v) is 10.1. The minimum absolute atomic E-state index is 0.534. The molecular weight excluding hydrogens is 240 g/mol. The topological polar surface area (TPSA) is 61.7 Å². The van der Waals surface area contributed by atoms with E-state index in [0.29, 0.717) is 5.71 Å². The number of rotatable bonds is 2. The molecule has 0 spiro atoms. The molecule has 4 heteroatoms. The van der Waals surface area contributed by atoms with E-state index in [1.54, 1.807) is 0 Å². The smallest absolute Gasteiger partial charge is 0.332 e. The zero-order chi connectivity index (χ0) is 13.2. The lowest BCUT2D eigenvalue weighted by Gasteiger charge is -2.24. The van der Waals surface area contributed by atoms with Gasteiger partial charge in [0.1, 0.15) is 0 Å². The van der Waals surface area contributed by atoms with Crippen molar-refractivity contribution in [2.45, 2.75) is 6.04 Å². The van der Waals surface area contributed by atoms with Crippen LogP contribution in [0.15, 0.2) is 59.6 Å². The van der Waals surface area contributed by atoms with E-state index in [0.717, 1.165) is 16.9 Å². The highest BCUT2D eigenvalue weighted by Gasteiger charge is 2.29. The van der Waals surface area contributed by atoms with Crippen molar-refractivity contribution in [3.8, 4) is 0 Å². The van der Waals surface area contributed by atoms with Crippen LogP contribution in [0.3, 0.4) is 0 Å². The summed E-state index contributed by atoms with van der Waals surface area (Å²) in [6.45, 7) is 0. The number of hydrogen-bond acceptors (Lipinski definition) is 3. The number of carboxylic acids is 1. The van der Waals surface area contributed by atoms with Crippen LogP contribution in [0.2, 0.25) is 0 Å². The molecule has 0 radical (unpaired) electrons. The van der Waals surface area contributed by atoms with Crippen molar-refractivity contribution in [1.29, 1.82) is 0 Å². The highest BCUT2D eigenvalue weighted by molar-refractivity contribution is 6.19. The van der Waals surface area contributed by atoms with E-state index >= 15 is 0 Å². The molecule has 1 heterocycles. The van der Waals surface area contributed by atoms with Crippen molar-refractivity contribution < 1.29 is 9.90 Å². The van der Waals surface area contributed by atoms with Gasteiger partial charge in [0.2, 0.25) is 0 Å². The maximum absolute atomic E-state index is 11.4. The Kier molecular flexibility index (Phi) is 2.76. The number of carboxylic acid groups (broad SMARTS) is 1. The van der Waals surface area contributed by atoms with Crippen LogP contribution in [0.1, 0.15) is 5.56 Å². The maximum atomic E-state index is 11.4. The van der Waals surface area contributed by atoms with E-state index in [4.69, 9.17) is 0 Å². The summed E-state index contributed by atoms with van der Waals surface area (Å²) in [4.78, 5) is 15.9. The first kappa shape index (κ1) is 11.5. The minimum atomic E-state index is -0.933. The Morgan fingerprint density at radius 3 is 2.47 bits per heavy atom. The first-order chi connectivity index (χ1) is 9.25. The summed E-state index contributed by atoms with van der Waals surface area (Å²) in [6.07, 6.45) is 0. The molecule has 4 nitrogen and oxygen atoms in total. The fourth-order valence-corrected chi connectivity index (χ4v) is 2.13. The van der Waals surface area contributed by atoms with Gasteiger partial charge in [-0.15, -0.1) is 0 Å². The van der Waals surface area contributed by atoms with Crippen molar-refractivity contribution in [2.24, 2.45) is 4.99 Å². The standard InChI is InChI=1S/C15H12N2O2/c18-15(19)14-13(10-6-2-1-3-7-10)16-11-8-4-5-9-12(11)17-14/h1-9,14,17H,(H,18,19)/t14-/m0/s1. The van der Waals surface area contributed by atoms with Gasteiger partial charge in [0, 0.05) is 0 Å². The third-order valence-corrected chi connectivity index (χ3v) is 3.03. The van der Waals surface area contributed by atoms with Crippen molar-refractivity contribution in [1.82, 2.24) is 0 Å². The second-order valence-corrected chi connectivity index (χ2v) is 4.30. The molecule has 3 rings (SSSR count).